The molecular weight excluding hydrogens is 580 g/mol. The fourth-order valence-corrected chi connectivity index (χ4v) is 4.37. The Hall–Kier alpha value is -4.93. The van der Waals surface area contributed by atoms with Crippen LogP contribution in [0.1, 0.15) is 15.9 Å². The number of nitrogens with one attached hydrogen (secondary N) is 2. The molecule has 4 N–H and O–H groups in total. The molecule has 16 heteroatoms. The van der Waals surface area contributed by atoms with E-state index in [4.69, 9.17) is 9.47 Å². The lowest BCUT2D eigenvalue weighted by Crippen LogP contribution is -2.50. The molecule has 41 heavy (non-hydrogen) atoms. The smallest absolute Gasteiger partial charge is 0.338 e. The minimum absolute atomic E-state index is 0.00793. The Morgan fingerprint density at radius 3 is 2.07 bits per heavy atom. The van der Waals surface area contributed by atoms with Crippen LogP contribution in [0.3, 0.4) is 0 Å². The summed E-state index contributed by atoms with van der Waals surface area (Å²) in [5, 5.41) is 16.6. The first kappa shape index (κ1) is 30.6. The summed E-state index contributed by atoms with van der Waals surface area (Å²) in [6.07, 6.45) is 0. The van der Waals surface area contributed by atoms with Crippen LogP contribution < -0.4 is 41.9 Å². The van der Waals surface area contributed by atoms with Crippen molar-refractivity contribution >= 4 is 43.2 Å². The van der Waals surface area contributed by atoms with Crippen molar-refractivity contribution in [1.82, 2.24) is 0 Å². The van der Waals surface area contributed by atoms with E-state index in [9.17, 15) is 36.7 Å². The van der Waals surface area contributed by atoms with Crippen LogP contribution in [0.5, 0.6) is 11.5 Å². The van der Waals surface area contributed by atoms with E-state index in [-0.39, 0.29) is 38.2 Å². The largest absolute Gasteiger partial charge is 0.494 e. The van der Waals surface area contributed by atoms with Gasteiger partial charge in [0, 0.05) is 17.5 Å². The first-order valence-corrected chi connectivity index (χ1v) is 13.7. The summed E-state index contributed by atoms with van der Waals surface area (Å²) >= 11 is -2.34. The van der Waals surface area contributed by atoms with Crippen LogP contribution in [0.4, 0.5) is 11.4 Å². The van der Waals surface area contributed by atoms with Gasteiger partial charge >= 0.3 is 5.97 Å². The maximum atomic E-state index is 13.2. The normalized spacial score (nSPS) is 12.9. The van der Waals surface area contributed by atoms with Gasteiger partial charge in [-0.25, -0.2) is 17.4 Å². The van der Waals surface area contributed by atoms with Gasteiger partial charge in [0.15, 0.2) is 26.3 Å². The SMILES string of the molecule is C=CS(=O)(=O)c1ccc(N/N=c2\c(=O)cc(C(=O)O)/c(=N/Nc3ccc(C(=C)S(=O)O)cc3OC)c2=O)c(OC)c1. The van der Waals surface area contributed by atoms with E-state index in [1.54, 1.807) is 0 Å². The van der Waals surface area contributed by atoms with Gasteiger partial charge in [-0.05, 0) is 29.8 Å². The van der Waals surface area contributed by atoms with Crippen LogP contribution >= 0.6 is 0 Å². The molecule has 1 unspecified atom stereocenters. The average molecular weight is 603 g/mol. The van der Waals surface area contributed by atoms with E-state index in [1.807, 2.05) is 0 Å². The second kappa shape index (κ2) is 12.5. The van der Waals surface area contributed by atoms with E-state index in [1.165, 1.54) is 50.6 Å². The lowest BCUT2D eigenvalue weighted by atomic mass is 10.2. The van der Waals surface area contributed by atoms with Gasteiger partial charge in [-0.3, -0.25) is 20.4 Å². The van der Waals surface area contributed by atoms with E-state index >= 15 is 0 Å². The van der Waals surface area contributed by atoms with Crippen molar-refractivity contribution in [3.8, 4) is 11.5 Å². The fourth-order valence-electron chi connectivity index (χ4n) is 3.32. The summed E-state index contributed by atoms with van der Waals surface area (Å²) in [7, 11) is -1.22. The molecule has 214 valence electrons. The van der Waals surface area contributed by atoms with Crippen molar-refractivity contribution in [2.75, 3.05) is 25.1 Å². The minimum atomic E-state index is -3.78. The van der Waals surface area contributed by atoms with Crippen LogP contribution in [-0.4, -0.2) is 42.5 Å². The zero-order chi connectivity index (χ0) is 30.5. The number of aromatic carboxylic acids is 1. The highest BCUT2D eigenvalue weighted by Crippen LogP contribution is 2.29. The molecule has 3 rings (SSSR count). The summed E-state index contributed by atoms with van der Waals surface area (Å²) in [6, 6.07) is 8.52. The number of benzene rings is 3. The number of nitrogens with zero attached hydrogens (tertiary/aromatic N) is 2. The summed E-state index contributed by atoms with van der Waals surface area (Å²) < 4.78 is 55.1. The molecule has 0 heterocycles. The molecule has 1 atom stereocenters. The molecule has 0 saturated heterocycles. The van der Waals surface area contributed by atoms with Crippen molar-refractivity contribution in [3.05, 3.63) is 103 Å². The first-order chi connectivity index (χ1) is 19.3. The number of hydrogen-bond acceptors (Lipinski definition) is 12. The maximum Gasteiger partial charge on any atom is 0.338 e. The van der Waals surface area contributed by atoms with E-state index in [2.05, 4.69) is 34.2 Å². The third-order valence-electron chi connectivity index (χ3n) is 5.46. The van der Waals surface area contributed by atoms with E-state index < -0.39 is 54.0 Å². The molecule has 0 spiro atoms. The molecule has 0 fully saturated rings. The number of rotatable bonds is 11. The van der Waals surface area contributed by atoms with Crippen LogP contribution in [0, 0.1) is 0 Å². The van der Waals surface area contributed by atoms with Crippen molar-refractivity contribution < 1.29 is 36.6 Å². The number of ether oxygens (including phenoxy) is 2. The number of carboxylic acids is 1. The molecule has 0 aliphatic heterocycles. The number of hydrogen-bond donors (Lipinski definition) is 4. The van der Waals surface area contributed by atoms with Crippen LogP contribution in [-0.2, 0) is 20.9 Å². The molecule has 3 aromatic carbocycles. The topological polar surface area (TPSA) is 210 Å². The third-order valence-corrected chi connectivity index (χ3v) is 7.46. The highest BCUT2D eigenvalue weighted by Gasteiger charge is 2.16. The Morgan fingerprint density at radius 1 is 0.976 bits per heavy atom. The van der Waals surface area contributed by atoms with Gasteiger partial charge in [0.25, 0.3) is 0 Å². The highest BCUT2D eigenvalue weighted by molar-refractivity contribution is 7.94. The van der Waals surface area contributed by atoms with Gasteiger partial charge < -0.3 is 19.1 Å². The Morgan fingerprint density at radius 2 is 1.54 bits per heavy atom. The van der Waals surface area contributed by atoms with Crippen LogP contribution in [0.15, 0.2) is 85.7 Å². The Balaban J connectivity index is 2.12. The third kappa shape index (κ3) is 6.63. The van der Waals surface area contributed by atoms with Gasteiger partial charge in [0.1, 0.15) is 16.9 Å². The lowest BCUT2D eigenvalue weighted by molar-refractivity contribution is 0.0694. The molecule has 0 aliphatic carbocycles. The molecule has 0 saturated carbocycles. The molecule has 0 aromatic heterocycles. The van der Waals surface area contributed by atoms with Gasteiger partial charge in [-0.15, -0.1) is 0 Å². The Kier molecular flexibility index (Phi) is 9.33. The van der Waals surface area contributed by atoms with Crippen molar-refractivity contribution in [1.29, 1.82) is 0 Å². The van der Waals surface area contributed by atoms with Crippen molar-refractivity contribution in [2.24, 2.45) is 10.2 Å². The number of carbonyl (C=O) groups is 1. The average Bonchev–Trinajstić information content (AvgIpc) is 2.95. The van der Waals surface area contributed by atoms with E-state index in [0.717, 1.165) is 5.41 Å². The zero-order valence-electron chi connectivity index (χ0n) is 21.4. The molecule has 0 radical (unpaired) electrons. The lowest BCUT2D eigenvalue weighted by Gasteiger charge is -2.10. The fraction of sp³-hybridized carbons (Fsp3) is 0.0800. The summed E-state index contributed by atoms with van der Waals surface area (Å²) in [4.78, 5) is 37.3. The standard InChI is InChI=1S/C25H22N4O10S2/c1-5-41(36,37)15-7-9-18(21(11-15)39-4)27-29-23-19(30)12-16(25(32)33)22(24(23)31)28-26-17-8-6-14(10-20(17)38-3)13(2)40(34)35/h5-12,26-27H,1-2H2,3-4H3,(H,32,33)(H,34,35)/b28-22-,29-23+. The monoisotopic (exact) mass is 602 g/mol. The van der Waals surface area contributed by atoms with E-state index in [0.29, 0.717) is 6.07 Å². The van der Waals surface area contributed by atoms with Gasteiger partial charge in [-0.1, -0.05) is 19.2 Å². The minimum Gasteiger partial charge on any atom is -0.494 e. The summed E-state index contributed by atoms with van der Waals surface area (Å²) in [5.41, 5.74) is 2.58. The Bertz CT molecular complexity index is 1930. The van der Waals surface area contributed by atoms with Gasteiger partial charge in [0.05, 0.1) is 41.0 Å². The van der Waals surface area contributed by atoms with Gasteiger partial charge in [-0.2, -0.15) is 10.2 Å². The molecule has 3 aromatic rings. The Labute approximate surface area is 234 Å². The quantitative estimate of drug-likeness (QED) is 0.179. The second-order valence-corrected chi connectivity index (χ2v) is 10.7. The van der Waals surface area contributed by atoms with Gasteiger partial charge in [0.2, 0.25) is 10.9 Å². The van der Waals surface area contributed by atoms with Crippen LogP contribution in [0.25, 0.3) is 4.91 Å². The molecule has 0 aliphatic rings. The number of sulfone groups is 1. The molecule has 0 bridgehead atoms. The van der Waals surface area contributed by atoms with Crippen molar-refractivity contribution in [2.45, 2.75) is 4.90 Å². The predicted molar refractivity (Wildman–Crippen MR) is 150 cm³/mol. The molecule has 0 amide bonds. The van der Waals surface area contributed by atoms with Crippen LogP contribution in [0.2, 0.25) is 0 Å². The maximum absolute atomic E-state index is 13.2. The predicted octanol–water partition coefficient (Wildman–Crippen LogP) is 0.963. The summed E-state index contributed by atoms with van der Waals surface area (Å²) in [5.74, 6) is -1.49. The number of methoxy groups -OCH3 is 2. The highest BCUT2D eigenvalue weighted by atomic mass is 32.2. The molecule has 14 nitrogen and oxygen atoms in total. The summed E-state index contributed by atoms with van der Waals surface area (Å²) in [6.45, 7) is 6.76. The first-order valence-electron chi connectivity index (χ1n) is 11.1. The van der Waals surface area contributed by atoms with Crippen molar-refractivity contribution in [3.63, 3.8) is 0 Å². The second-order valence-electron chi connectivity index (χ2n) is 7.86. The number of anilines is 2. The zero-order valence-corrected chi connectivity index (χ0v) is 23.0. The number of carboxylic acid groups (broad SMARTS) is 1. The molecular formula is C25H22N4O10S2.